The molecule has 4 N–H and O–H groups in total. The van der Waals surface area contributed by atoms with Gasteiger partial charge in [-0.05, 0) is 69.4 Å². The second kappa shape index (κ2) is 14.9. The van der Waals surface area contributed by atoms with Crippen LogP contribution in [0.2, 0.25) is 0 Å². The summed E-state index contributed by atoms with van der Waals surface area (Å²) in [6.45, 7) is 7.81. The van der Waals surface area contributed by atoms with Crippen LogP contribution < -0.4 is 20.1 Å². The van der Waals surface area contributed by atoms with Gasteiger partial charge >= 0.3 is 0 Å². The normalized spacial score (nSPS) is 13.8. The molecule has 4 rings (SSSR count). The number of anilines is 1. The second-order valence-electron chi connectivity index (χ2n) is 9.07. The number of aliphatic hydroxyl groups is 1. The molecule has 0 aliphatic heterocycles. The number of pyridine rings is 1. The largest absolute Gasteiger partial charge is 0.486 e. The van der Waals surface area contributed by atoms with Gasteiger partial charge in [0, 0.05) is 50.0 Å². The molecule has 0 spiro atoms. The molecule has 0 atom stereocenters. The highest BCUT2D eigenvalue weighted by atomic mass is 16.5. The fourth-order valence-corrected chi connectivity index (χ4v) is 4.01. The van der Waals surface area contributed by atoms with Crippen molar-refractivity contribution >= 4 is 23.4 Å². The summed E-state index contributed by atoms with van der Waals surface area (Å²) in [7, 11) is 2.90. The average Bonchev–Trinajstić information content (AvgIpc) is 3.33. The van der Waals surface area contributed by atoms with Crippen molar-refractivity contribution in [1.29, 1.82) is 0 Å². The number of ether oxygens (including phenoxy) is 2. The number of aryl methyl sites for hydroxylation is 1. The zero-order chi connectivity index (χ0) is 27.3. The minimum atomic E-state index is 0.511. The Labute approximate surface area is 225 Å². The third-order valence-corrected chi connectivity index (χ3v) is 6.40. The summed E-state index contributed by atoms with van der Waals surface area (Å²) in [6, 6.07) is 12.3. The smallest absolute Gasteiger partial charge is 0.219 e. The molecule has 0 unspecified atom stereocenters. The molecule has 0 saturated heterocycles. The van der Waals surface area contributed by atoms with Crippen molar-refractivity contribution in [1.82, 2.24) is 14.8 Å². The van der Waals surface area contributed by atoms with Crippen LogP contribution >= 0.6 is 0 Å². The maximum atomic E-state index is 7.00. The van der Waals surface area contributed by atoms with Crippen LogP contribution in [0.15, 0.2) is 59.4 Å². The third-order valence-electron chi connectivity index (χ3n) is 6.40. The number of nitrogens with two attached hydrogens (primary N) is 1. The van der Waals surface area contributed by atoms with Crippen LogP contribution in [0.4, 0.5) is 11.5 Å². The van der Waals surface area contributed by atoms with E-state index in [1.807, 2.05) is 56.6 Å². The molecule has 1 aromatic carbocycles. The number of quaternary nitrogens is 1. The Bertz CT molecular complexity index is 1200. The maximum Gasteiger partial charge on any atom is 0.219 e. The lowest BCUT2D eigenvalue weighted by Gasteiger charge is -2.22. The zero-order valence-corrected chi connectivity index (χ0v) is 23.1. The fraction of sp³-hybridized carbons (Fsp3) is 0.414. The van der Waals surface area contributed by atoms with Gasteiger partial charge in [-0.2, -0.15) is 5.10 Å². The minimum Gasteiger partial charge on any atom is -0.486 e. The van der Waals surface area contributed by atoms with E-state index in [4.69, 9.17) is 14.6 Å². The van der Waals surface area contributed by atoms with E-state index < -0.39 is 0 Å². The number of aliphatic hydroxyl groups excluding tert-OH is 1. The predicted molar refractivity (Wildman–Crippen MR) is 152 cm³/mol. The maximum absolute atomic E-state index is 7.00. The first-order valence-corrected chi connectivity index (χ1v) is 13.2. The molecule has 2 aromatic heterocycles. The van der Waals surface area contributed by atoms with Crippen molar-refractivity contribution in [2.24, 2.45) is 12.0 Å². The highest BCUT2D eigenvalue weighted by Gasteiger charge is 2.19. The average molecular weight is 522 g/mol. The van der Waals surface area contributed by atoms with Crippen molar-refractivity contribution in [3.63, 3.8) is 0 Å². The standard InChI is InChI=1S/C28H36N6O2.CH4O/c1-5-20(3)28(32-26-14-16-34(4)33-26)24-18-22(10-12-25(24)29-6-2)36-27-13-11-23(19-31-27)35-17-15-30-21-8-7-9-21;1-2/h6,10-14,16,18-19,21,30H,5,7-9,15,17H2,1-4H3,(H,32,33);2H,1H3/p+1/b28-20+,29-6?;. The van der Waals surface area contributed by atoms with Gasteiger partial charge in [0.05, 0.1) is 17.9 Å². The van der Waals surface area contributed by atoms with Gasteiger partial charge in [-0.1, -0.05) is 6.92 Å². The van der Waals surface area contributed by atoms with Crippen molar-refractivity contribution in [3.05, 3.63) is 59.9 Å². The quantitative estimate of drug-likeness (QED) is 0.236. The molecule has 1 saturated carbocycles. The third kappa shape index (κ3) is 8.16. The highest BCUT2D eigenvalue weighted by Crippen LogP contribution is 2.35. The number of nitrogens with one attached hydrogen (secondary N) is 1. The van der Waals surface area contributed by atoms with Crippen molar-refractivity contribution in [2.75, 3.05) is 25.6 Å². The van der Waals surface area contributed by atoms with E-state index in [0.29, 0.717) is 18.2 Å². The van der Waals surface area contributed by atoms with Gasteiger partial charge in [-0.25, -0.2) is 4.98 Å². The molecule has 204 valence electrons. The van der Waals surface area contributed by atoms with E-state index in [-0.39, 0.29) is 0 Å². The van der Waals surface area contributed by atoms with Crippen LogP contribution in [-0.4, -0.2) is 52.4 Å². The molecule has 1 aliphatic carbocycles. The molecule has 9 nitrogen and oxygen atoms in total. The zero-order valence-electron chi connectivity index (χ0n) is 23.1. The molecular formula is C29H41N6O3+. The topological polar surface area (TPSA) is 110 Å². The molecule has 3 aromatic rings. The number of aliphatic imine (C=N–C) groups is 1. The van der Waals surface area contributed by atoms with Gasteiger partial charge in [0.1, 0.15) is 24.7 Å². The molecule has 9 heteroatoms. The molecule has 1 fully saturated rings. The number of rotatable bonds is 12. The van der Waals surface area contributed by atoms with Gasteiger partial charge in [-0.3, -0.25) is 9.67 Å². The predicted octanol–water partition coefficient (Wildman–Crippen LogP) is 4.69. The van der Waals surface area contributed by atoms with Crippen LogP contribution in [0, 0.1) is 0 Å². The van der Waals surface area contributed by atoms with Crippen LogP contribution in [0.25, 0.3) is 5.70 Å². The molecule has 2 heterocycles. The van der Waals surface area contributed by atoms with Gasteiger partial charge in [0.15, 0.2) is 5.82 Å². The Hall–Kier alpha value is -3.69. The van der Waals surface area contributed by atoms with Crippen LogP contribution in [-0.2, 0) is 7.05 Å². The minimum absolute atomic E-state index is 0.511. The van der Waals surface area contributed by atoms with Gasteiger partial charge in [0.2, 0.25) is 5.88 Å². The Morgan fingerprint density at radius 2 is 2.00 bits per heavy atom. The van der Waals surface area contributed by atoms with E-state index in [0.717, 1.165) is 54.6 Å². The molecule has 38 heavy (non-hydrogen) atoms. The van der Waals surface area contributed by atoms with Crippen molar-refractivity contribution in [3.8, 4) is 17.4 Å². The van der Waals surface area contributed by atoms with E-state index >= 15 is 0 Å². The molecular weight excluding hydrogens is 480 g/mol. The number of hydrogen-bond acceptors (Lipinski definition) is 7. The lowest BCUT2D eigenvalue weighted by Crippen LogP contribution is -2.92. The van der Waals surface area contributed by atoms with Crippen LogP contribution in [0.5, 0.6) is 17.4 Å². The first kappa shape index (κ1) is 28.9. The summed E-state index contributed by atoms with van der Waals surface area (Å²) in [5, 5.41) is 17.4. The molecule has 0 radical (unpaired) electrons. The number of allylic oxidation sites excluding steroid dienone is 1. The molecule has 0 bridgehead atoms. The monoisotopic (exact) mass is 521 g/mol. The summed E-state index contributed by atoms with van der Waals surface area (Å²) in [5.74, 6) is 2.72. The number of hydrogen-bond donors (Lipinski definition) is 3. The van der Waals surface area contributed by atoms with Crippen molar-refractivity contribution < 1.29 is 19.9 Å². The first-order chi connectivity index (χ1) is 18.6. The van der Waals surface area contributed by atoms with Crippen molar-refractivity contribution in [2.45, 2.75) is 52.5 Å². The van der Waals surface area contributed by atoms with E-state index in [9.17, 15) is 0 Å². The summed E-state index contributed by atoms with van der Waals surface area (Å²) in [5.41, 5.74) is 3.96. The van der Waals surface area contributed by atoms with E-state index in [1.54, 1.807) is 17.1 Å². The fourth-order valence-electron chi connectivity index (χ4n) is 4.01. The summed E-state index contributed by atoms with van der Waals surface area (Å²) >= 11 is 0. The summed E-state index contributed by atoms with van der Waals surface area (Å²) in [6.07, 6.45) is 10.3. The van der Waals surface area contributed by atoms with Gasteiger partial charge in [-0.15, -0.1) is 0 Å². The summed E-state index contributed by atoms with van der Waals surface area (Å²) in [4.78, 5) is 9.03. The highest BCUT2D eigenvalue weighted by molar-refractivity contribution is 5.85. The second-order valence-corrected chi connectivity index (χ2v) is 9.07. The summed E-state index contributed by atoms with van der Waals surface area (Å²) < 4.78 is 13.7. The van der Waals surface area contributed by atoms with Crippen LogP contribution in [0.1, 0.15) is 52.0 Å². The van der Waals surface area contributed by atoms with E-state index in [1.165, 1.54) is 24.8 Å². The Balaban J connectivity index is 0.00000195. The van der Waals surface area contributed by atoms with Gasteiger partial charge in [0.25, 0.3) is 0 Å². The number of aromatic nitrogens is 3. The molecule has 0 amide bonds. The Morgan fingerprint density at radius 3 is 2.61 bits per heavy atom. The Kier molecular flexibility index (Phi) is 11.3. The number of nitrogens with zero attached hydrogens (tertiary/aromatic N) is 4. The van der Waals surface area contributed by atoms with Gasteiger partial charge < -0.3 is 25.2 Å². The first-order valence-electron chi connectivity index (χ1n) is 13.2. The number of benzene rings is 1. The lowest BCUT2D eigenvalue weighted by molar-refractivity contribution is -0.699. The van der Waals surface area contributed by atoms with Crippen LogP contribution in [0.3, 0.4) is 0 Å². The Morgan fingerprint density at radius 1 is 1.21 bits per heavy atom. The SMILES string of the molecule is CC=Nc1ccc(Oc2ccc(OCC[NH2+]C3CCC3)cn2)cc1/C(Nc1ccn(C)n1)=C(/C)CC.CO. The van der Waals surface area contributed by atoms with E-state index in [2.05, 4.69) is 39.6 Å². The lowest BCUT2D eigenvalue weighted by atomic mass is 9.93. The molecule has 1 aliphatic rings.